The van der Waals surface area contributed by atoms with Gasteiger partial charge in [0, 0.05) is 11.3 Å². The average Bonchev–Trinajstić information content (AvgIpc) is 2.67. The second-order valence-corrected chi connectivity index (χ2v) is 4.61. The fraction of sp³-hybridized carbons (Fsp3) is 0.308. The van der Waals surface area contributed by atoms with Crippen LogP contribution in [-0.2, 0) is 16.0 Å². The summed E-state index contributed by atoms with van der Waals surface area (Å²) in [6, 6.07) is 7.07. The van der Waals surface area contributed by atoms with E-state index in [4.69, 9.17) is 10.00 Å². The predicted molar refractivity (Wildman–Crippen MR) is 62.0 cm³/mol. The number of benzene rings is 1. The number of ether oxygens (including phenoxy) is 1. The van der Waals surface area contributed by atoms with Crippen molar-refractivity contribution in [2.45, 2.75) is 6.42 Å². The molecule has 0 atom stereocenters. The molecule has 0 unspecified atom stereocenters. The van der Waals surface area contributed by atoms with Crippen LogP contribution in [0.5, 0.6) is 0 Å². The van der Waals surface area contributed by atoms with Crippen molar-refractivity contribution in [1.29, 1.82) is 5.26 Å². The number of Topliss-reactive ketones (excluding diaryl/α,β-unsaturated/α-hetero) is 1. The third-order valence-corrected chi connectivity index (χ3v) is 3.34. The SMILES string of the molecule is N#CC1(C(=O)c2ccc3c(c2)CC(=O)N3)COC1. The monoisotopic (exact) mass is 242 g/mol. The van der Waals surface area contributed by atoms with Crippen molar-refractivity contribution >= 4 is 17.4 Å². The Kier molecular flexibility index (Phi) is 2.22. The van der Waals surface area contributed by atoms with E-state index in [1.54, 1.807) is 18.2 Å². The van der Waals surface area contributed by atoms with Gasteiger partial charge in [-0.05, 0) is 23.8 Å². The number of amides is 1. The van der Waals surface area contributed by atoms with Gasteiger partial charge in [0.15, 0.2) is 11.2 Å². The van der Waals surface area contributed by atoms with Crippen LogP contribution in [0.3, 0.4) is 0 Å². The number of carbonyl (C=O) groups excluding carboxylic acids is 2. The second kappa shape index (κ2) is 3.65. The molecule has 0 saturated carbocycles. The zero-order chi connectivity index (χ0) is 12.8. The highest BCUT2D eigenvalue weighted by atomic mass is 16.5. The number of hydrogen-bond donors (Lipinski definition) is 1. The molecule has 3 rings (SSSR count). The number of nitriles is 1. The first-order chi connectivity index (χ1) is 8.64. The number of hydrogen-bond acceptors (Lipinski definition) is 4. The quantitative estimate of drug-likeness (QED) is 0.781. The molecule has 18 heavy (non-hydrogen) atoms. The van der Waals surface area contributed by atoms with Crippen LogP contribution >= 0.6 is 0 Å². The van der Waals surface area contributed by atoms with Gasteiger partial charge >= 0.3 is 0 Å². The summed E-state index contributed by atoms with van der Waals surface area (Å²) in [5.74, 6) is -0.296. The zero-order valence-electron chi connectivity index (χ0n) is 9.53. The van der Waals surface area contributed by atoms with Gasteiger partial charge in [-0.2, -0.15) is 5.26 Å². The number of carbonyl (C=O) groups is 2. The van der Waals surface area contributed by atoms with Crippen molar-refractivity contribution in [1.82, 2.24) is 0 Å². The zero-order valence-corrected chi connectivity index (χ0v) is 9.53. The van der Waals surface area contributed by atoms with Gasteiger partial charge in [-0.25, -0.2) is 0 Å². The third kappa shape index (κ3) is 1.43. The maximum Gasteiger partial charge on any atom is 0.228 e. The van der Waals surface area contributed by atoms with Gasteiger partial charge in [0.1, 0.15) is 0 Å². The highest BCUT2D eigenvalue weighted by Crippen LogP contribution is 2.33. The molecule has 5 heteroatoms. The van der Waals surface area contributed by atoms with Crippen LogP contribution in [-0.4, -0.2) is 24.9 Å². The molecule has 1 aromatic carbocycles. The van der Waals surface area contributed by atoms with Gasteiger partial charge in [-0.15, -0.1) is 0 Å². The van der Waals surface area contributed by atoms with Gasteiger partial charge in [0.05, 0.1) is 25.7 Å². The van der Waals surface area contributed by atoms with E-state index in [0.717, 1.165) is 11.3 Å². The summed E-state index contributed by atoms with van der Waals surface area (Å²) in [7, 11) is 0. The van der Waals surface area contributed by atoms with Gasteiger partial charge in [-0.3, -0.25) is 9.59 Å². The summed E-state index contributed by atoms with van der Waals surface area (Å²) in [4.78, 5) is 23.5. The average molecular weight is 242 g/mol. The van der Waals surface area contributed by atoms with Crippen LogP contribution < -0.4 is 5.32 Å². The molecule has 1 saturated heterocycles. The van der Waals surface area contributed by atoms with Crippen molar-refractivity contribution < 1.29 is 14.3 Å². The maximum atomic E-state index is 12.3. The first kappa shape index (κ1) is 10.9. The molecule has 0 spiro atoms. The van der Waals surface area contributed by atoms with Crippen LogP contribution in [0.15, 0.2) is 18.2 Å². The summed E-state index contributed by atoms with van der Waals surface area (Å²) in [6.45, 7) is 0.299. The van der Waals surface area contributed by atoms with Crippen LogP contribution in [0.2, 0.25) is 0 Å². The first-order valence-corrected chi connectivity index (χ1v) is 5.61. The fourth-order valence-electron chi connectivity index (χ4n) is 2.20. The topological polar surface area (TPSA) is 79.2 Å². The molecule has 0 bridgehead atoms. The molecular formula is C13H10N2O3. The van der Waals surface area contributed by atoms with E-state index in [-0.39, 0.29) is 31.3 Å². The Morgan fingerprint density at radius 2 is 2.22 bits per heavy atom. The predicted octanol–water partition coefficient (Wildman–Crippen LogP) is 0.904. The number of ketones is 1. The molecule has 1 aromatic rings. The smallest absolute Gasteiger partial charge is 0.228 e. The molecule has 5 nitrogen and oxygen atoms in total. The van der Waals surface area contributed by atoms with Gasteiger partial charge < -0.3 is 10.1 Å². The molecule has 2 aliphatic rings. The van der Waals surface area contributed by atoms with Crippen LogP contribution in [0.4, 0.5) is 5.69 Å². The normalized spacial score (nSPS) is 19.4. The van der Waals surface area contributed by atoms with E-state index in [1.165, 1.54) is 0 Å². The van der Waals surface area contributed by atoms with Crippen molar-refractivity contribution in [2.75, 3.05) is 18.5 Å². The lowest BCUT2D eigenvalue weighted by Gasteiger charge is -2.33. The van der Waals surface area contributed by atoms with E-state index < -0.39 is 5.41 Å². The highest BCUT2D eigenvalue weighted by molar-refractivity contribution is 6.05. The lowest BCUT2D eigenvalue weighted by atomic mass is 9.79. The Morgan fingerprint density at radius 1 is 1.44 bits per heavy atom. The molecule has 0 radical (unpaired) electrons. The Bertz CT molecular complexity index is 597. The number of rotatable bonds is 2. The Morgan fingerprint density at radius 3 is 2.83 bits per heavy atom. The van der Waals surface area contributed by atoms with Gasteiger partial charge in [0.25, 0.3) is 0 Å². The Balaban J connectivity index is 1.95. The van der Waals surface area contributed by atoms with E-state index >= 15 is 0 Å². The van der Waals surface area contributed by atoms with E-state index in [1.807, 2.05) is 6.07 Å². The van der Waals surface area contributed by atoms with Crippen molar-refractivity contribution in [3.05, 3.63) is 29.3 Å². The lowest BCUT2D eigenvalue weighted by molar-refractivity contribution is -0.115. The summed E-state index contributed by atoms with van der Waals surface area (Å²) >= 11 is 0. The molecular weight excluding hydrogens is 232 g/mol. The maximum absolute atomic E-state index is 12.3. The number of nitrogens with zero attached hydrogens (tertiary/aromatic N) is 1. The van der Waals surface area contributed by atoms with Crippen LogP contribution in [0.25, 0.3) is 0 Å². The van der Waals surface area contributed by atoms with E-state index in [9.17, 15) is 9.59 Å². The van der Waals surface area contributed by atoms with Crippen molar-refractivity contribution in [3.8, 4) is 6.07 Å². The summed E-state index contributed by atoms with van der Waals surface area (Å²) < 4.78 is 4.97. The van der Waals surface area contributed by atoms with Crippen molar-refractivity contribution in [3.63, 3.8) is 0 Å². The lowest BCUT2D eigenvalue weighted by Crippen LogP contribution is -2.47. The Labute approximate surface area is 103 Å². The summed E-state index contributed by atoms with van der Waals surface area (Å²) in [5, 5.41) is 11.8. The minimum atomic E-state index is -1.04. The molecule has 1 N–H and O–H groups in total. The van der Waals surface area contributed by atoms with Crippen LogP contribution in [0.1, 0.15) is 15.9 Å². The molecule has 1 fully saturated rings. The highest BCUT2D eigenvalue weighted by Gasteiger charge is 2.46. The molecule has 1 amide bonds. The van der Waals surface area contributed by atoms with Gasteiger partial charge in [-0.1, -0.05) is 0 Å². The number of nitrogens with one attached hydrogen (secondary N) is 1. The molecule has 2 aliphatic heterocycles. The summed E-state index contributed by atoms with van der Waals surface area (Å²) in [5.41, 5.74) is 0.978. The minimum absolute atomic E-state index is 0.0726. The van der Waals surface area contributed by atoms with Gasteiger partial charge in [0.2, 0.25) is 5.91 Å². The largest absolute Gasteiger partial charge is 0.377 e. The molecule has 90 valence electrons. The minimum Gasteiger partial charge on any atom is -0.377 e. The molecule has 2 heterocycles. The molecule has 0 aliphatic carbocycles. The fourth-order valence-corrected chi connectivity index (χ4v) is 2.20. The Hall–Kier alpha value is -2.19. The number of anilines is 1. The number of fused-ring (bicyclic) bond motifs is 1. The molecule has 0 aromatic heterocycles. The third-order valence-electron chi connectivity index (χ3n) is 3.34. The standard InChI is InChI=1S/C13H10N2O3/c14-5-13(6-18-7-13)12(17)8-1-2-10-9(3-8)4-11(16)15-10/h1-3H,4,6-7H2,(H,15,16). The summed E-state index contributed by atoms with van der Waals surface area (Å²) in [6.07, 6.45) is 0.284. The van der Waals surface area contributed by atoms with Crippen molar-refractivity contribution in [2.24, 2.45) is 5.41 Å². The van der Waals surface area contributed by atoms with E-state index in [2.05, 4.69) is 5.32 Å². The second-order valence-electron chi connectivity index (χ2n) is 4.61. The van der Waals surface area contributed by atoms with Crippen LogP contribution in [0, 0.1) is 16.7 Å². The van der Waals surface area contributed by atoms with E-state index in [0.29, 0.717) is 5.56 Å². The first-order valence-electron chi connectivity index (χ1n) is 5.61.